The maximum atomic E-state index is 11.1. The molecule has 0 saturated heterocycles. The third-order valence-electron chi connectivity index (χ3n) is 2.08. The Bertz CT molecular complexity index is 340. The number of carbonyl (C=O) groups is 1. The van der Waals surface area contributed by atoms with E-state index in [1.54, 1.807) is 12.1 Å². The van der Waals surface area contributed by atoms with Crippen molar-refractivity contribution in [2.24, 2.45) is 5.92 Å². The van der Waals surface area contributed by atoms with Gasteiger partial charge in [0.1, 0.15) is 5.75 Å². The molecule has 0 radical (unpaired) electrons. The minimum Gasteiger partial charge on any atom is -0.507 e. The first-order chi connectivity index (χ1) is 6.50. The second-order valence-corrected chi connectivity index (χ2v) is 4.01. The second kappa shape index (κ2) is 4.27. The van der Waals surface area contributed by atoms with Crippen molar-refractivity contribution in [3.63, 3.8) is 0 Å². The third kappa shape index (κ3) is 2.59. The molecular weight excluding hydrogens is 176 g/mol. The quantitative estimate of drug-likeness (QED) is 0.748. The fourth-order valence-corrected chi connectivity index (χ4v) is 1.46. The number of hydrogen-bond acceptors (Lipinski definition) is 2. The second-order valence-electron chi connectivity index (χ2n) is 4.01. The van der Waals surface area contributed by atoms with Crippen molar-refractivity contribution < 1.29 is 9.90 Å². The highest BCUT2D eigenvalue weighted by molar-refractivity contribution is 5.96. The molecule has 76 valence electrons. The maximum Gasteiger partial charge on any atom is 0.163 e. The summed E-state index contributed by atoms with van der Waals surface area (Å²) >= 11 is 0. The normalized spacial score (nSPS) is 10.6. The summed E-state index contributed by atoms with van der Waals surface area (Å²) in [5.41, 5.74) is 1.52. The number of carbonyl (C=O) groups excluding carboxylic acids is 1. The van der Waals surface area contributed by atoms with E-state index in [9.17, 15) is 9.90 Å². The van der Waals surface area contributed by atoms with Gasteiger partial charge in [0, 0.05) is 0 Å². The largest absolute Gasteiger partial charge is 0.507 e. The number of ketones is 1. The summed E-state index contributed by atoms with van der Waals surface area (Å²) in [6, 6.07) is 5.23. The zero-order valence-electron chi connectivity index (χ0n) is 8.87. The summed E-state index contributed by atoms with van der Waals surface area (Å²) in [5, 5.41) is 9.42. The summed E-state index contributed by atoms with van der Waals surface area (Å²) in [6.07, 6.45) is 0.931. The first kappa shape index (κ1) is 10.8. The van der Waals surface area contributed by atoms with Crippen LogP contribution in [-0.2, 0) is 6.42 Å². The van der Waals surface area contributed by atoms with Gasteiger partial charge < -0.3 is 5.11 Å². The van der Waals surface area contributed by atoms with E-state index in [0.29, 0.717) is 11.5 Å². The average Bonchev–Trinajstić information content (AvgIpc) is 2.07. The van der Waals surface area contributed by atoms with E-state index in [0.717, 1.165) is 12.0 Å². The molecule has 0 spiro atoms. The van der Waals surface area contributed by atoms with Crippen LogP contribution in [0.3, 0.4) is 0 Å². The molecule has 1 aromatic carbocycles. The van der Waals surface area contributed by atoms with Crippen molar-refractivity contribution >= 4 is 5.78 Å². The third-order valence-corrected chi connectivity index (χ3v) is 2.08. The zero-order valence-corrected chi connectivity index (χ0v) is 8.87. The lowest BCUT2D eigenvalue weighted by molar-refractivity contribution is 0.101. The van der Waals surface area contributed by atoms with Gasteiger partial charge in [-0.3, -0.25) is 4.79 Å². The van der Waals surface area contributed by atoms with Crippen LogP contribution in [0.2, 0.25) is 0 Å². The molecule has 0 heterocycles. The summed E-state index contributed by atoms with van der Waals surface area (Å²) in [6.45, 7) is 5.72. The number of phenols is 1. The van der Waals surface area contributed by atoms with Crippen molar-refractivity contribution in [3.05, 3.63) is 29.3 Å². The standard InChI is InChI=1S/C12H16O2/c1-8(2)6-10-4-5-12(14)11(7-10)9(3)13/h4-5,7-8,14H,6H2,1-3H3. The van der Waals surface area contributed by atoms with Gasteiger partial charge in [-0.05, 0) is 37.0 Å². The monoisotopic (exact) mass is 192 g/mol. The molecule has 2 nitrogen and oxygen atoms in total. The van der Waals surface area contributed by atoms with Crippen molar-refractivity contribution in [2.45, 2.75) is 27.2 Å². The van der Waals surface area contributed by atoms with Gasteiger partial charge in [0.2, 0.25) is 0 Å². The van der Waals surface area contributed by atoms with E-state index in [1.165, 1.54) is 6.92 Å². The zero-order chi connectivity index (χ0) is 10.7. The topological polar surface area (TPSA) is 37.3 Å². The predicted molar refractivity (Wildman–Crippen MR) is 56.7 cm³/mol. The van der Waals surface area contributed by atoms with E-state index in [1.807, 2.05) is 6.07 Å². The first-order valence-electron chi connectivity index (χ1n) is 4.83. The van der Waals surface area contributed by atoms with Gasteiger partial charge in [0.15, 0.2) is 5.78 Å². The number of rotatable bonds is 3. The van der Waals surface area contributed by atoms with E-state index in [2.05, 4.69) is 13.8 Å². The first-order valence-corrected chi connectivity index (χ1v) is 4.83. The van der Waals surface area contributed by atoms with E-state index >= 15 is 0 Å². The van der Waals surface area contributed by atoms with Crippen molar-refractivity contribution in [2.75, 3.05) is 0 Å². The van der Waals surface area contributed by atoms with Crippen LogP contribution in [0.15, 0.2) is 18.2 Å². The summed E-state index contributed by atoms with van der Waals surface area (Å²) in [4.78, 5) is 11.1. The molecule has 0 unspecified atom stereocenters. The number of Topliss-reactive ketones (excluding diaryl/α,β-unsaturated/α-hetero) is 1. The highest BCUT2D eigenvalue weighted by atomic mass is 16.3. The maximum absolute atomic E-state index is 11.1. The van der Waals surface area contributed by atoms with Crippen LogP contribution in [0.25, 0.3) is 0 Å². The number of aromatic hydroxyl groups is 1. The predicted octanol–water partition coefficient (Wildman–Crippen LogP) is 2.79. The number of phenolic OH excluding ortho intramolecular Hbond substituents is 1. The Kier molecular flexibility index (Phi) is 3.28. The molecule has 1 rings (SSSR count). The van der Waals surface area contributed by atoms with Gasteiger partial charge in [0.25, 0.3) is 0 Å². The number of hydrogen-bond donors (Lipinski definition) is 1. The Morgan fingerprint density at radius 2 is 2.07 bits per heavy atom. The van der Waals surface area contributed by atoms with Crippen LogP contribution in [0.1, 0.15) is 36.7 Å². The molecule has 0 atom stereocenters. The Morgan fingerprint density at radius 1 is 1.43 bits per heavy atom. The average molecular weight is 192 g/mol. The van der Waals surface area contributed by atoms with Crippen LogP contribution < -0.4 is 0 Å². The fraction of sp³-hybridized carbons (Fsp3) is 0.417. The lowest BCUT2D eigenvalue weighted by atomic mass is 9.99. The van der Waals surface area contributed by atoms with E-state index < -0.39 is 0 Å². The molecule has 0 aliphatic rings. The Hall–Kier alpha value is -1.31. The molecule has 0 bridgehead atoms. The van der Waals surface area contributed by atoms with Crippen LogP contribution in [0.5, 0.6) is 5.75 Å². The fourth-order valence-electron chi connectivity index (χ4n) is 1.46. The van der Waals surface area contributed by atoms with Crippen molar-refractivity contribution in [3.8, 4) is 5.75 Å². The molecule has 0 aliphatic carbocycles. The number of benzene rings is 1. The Morgan fingerprint density at radius 3 is 2.57 bits per heavy atom. The lowest BCUT2D eigenvalue weighted by Gasteiger charge is -2.07. The van der Waals surface area contributed by atoms with Gasteiger partial charge in [-0.25, -0.2) is 0 Å². The van der Waals surface area contributed by atoms with Crippen molar-refractivity contribution in [1.29, 1.82) is 0 Å². The summed E-state index contributed by atoms with van der Waals surface area (Å²) < 4.78 is 0. The van der Waals surface area contributed by atoms with Crippen LogP contribution >= 0.6 is 0 Å². The highest BCUT2D eigenvalue weighted by Crippen LogP contribution is 2.20. The smallest absolute Gasteiger partial charge is 0.163 e. The van der Waals surface area contributed by atoms with Gasteiger partial charge in [0.05, 0.1) is 5.56 Å². The molecule has 0 aliphatic heterocycles. The molecule has 14 heavy (non-hydrogen) atoms. The van der Waals surface area contributed by atoms with Crippen LogP contribution in [0, 0.1) is 5.92 Å². The van der Waals surface area contributed by atoms with Gasteiger partial charge in [-0.15, -0.1) is 0 Å². The summed E-state index contributed by atoms with van der Waals surface area (Å²) in [7, 11) is 0. The molecule has 1 aromatic rings. The molecule has 0 fully saturated rings. The molecule has 1 N–H and O–H groups in total. The molecular formula is C12H16O2. The Labute approximate surface area is 84.6 Å². The van der Waals surface area contributed by atoms with E-state index in [4.69, 9.17) is 0 Å². The molecule has 0 amide bonds. The van der Waals surface area contributed by atoms with Crippen LogP contribution in [-0.4, -0.2) is 10.9 Å². The van der Waals surface area contributed by atoms with Gasteiger partial charge in [-0.2, -0.15) is 0 Å². The Balaban J connectivity index is 3.00. The van der Waals surface area contributed by atoms with Gasteiger partial charge >= 0.3 is 0 Å². The summed E-state index contributed by atoms with van der Waals surface area (Å²) in [5.74, 6) is 0.539. The minimum atomic E-state index is -0.0897. The molecule has 0 saturated carbocycles. The molecule has 2 heteroatoms. The molecule has 0 aromatic heterocycles. The lowest BCUT2D eigenvalue weighted by Crippen LogP contribution is -1.98. The van der Waals surface area contributed by atoms with Crippen LogP contribution in [0.4, 0.5) is 0 Å². The highest BCUT2D eigenvalue weighted by Gasteiger charge is 2.07. The minimum absolute atomic E-state index is 0.0741. The SMILES string of the molecule is CC(=O)c1cc(CC(C)C)ccc1O. The van der Waals surface area contributed by atoms with Crippen molar-refractivity contribution in [1.82, 2.24) is 0 Å². The van der Waals surface area contributed by atoms with Gasteiger partial charge in [-0.1, -0.05) is 19.9 Å². The van der Waals surface area contributed by atoms with E-state index in [-0.39, 0.29) is 11.5 Å².